The van der Waals surface area contributed by atoms with Gasteiger partial charge < -0.3 is 4.74 Å². The summed E-state index contributed by atoms with van der Waals surface area (Å²) in [5.74, 6) is 0.509. The maximum absolute atomic E-state index is 10.6. The van der Waals surface area contributed by atoms with Crippen LogP contribution in [-0.4, -0.2) is 25.1 Å². The van der Waals surface area contributed by atoms with Crippen molar-refractivity contribution in [1.82, 2.24) is 0 Å². The molecule has 0 aromatic heterocycles. The summed E-state index contributed by atoms with van der Waals surface area (Å²) >= 11 is 0. The minimum atomic E-state index is -0.349. The first kappa shape index (κ1) is 14.6. The number of esters is 1. The normalized spacial score (nSPS) is 13.5. The van der Waals surface area contributed by atoms with Gasteiger partial charge in [-0.2, -0.15) is 0 Å². The number of hydrogen-bond donors (Lipinski definition) is 0. The Hall–Kier alpha value is -1.45. The third kappa shape index (κ3) is 5.44. The van der Waals surface area contributed by atoms with Crippen LogP contribution in [0.5, 0.6) is 0 Å². The fraction of sp³-hybridized carbons (Fsp3) is 0.583. The van der Waals surface area contributed by atoms with Crippen LogP contribution in [0.1, 0.15) is 34.6 Å². The number of aliphatic imine (C=N–C) groups is 2. The summed E-state index contributed by atoms with van der Waals surface area (Å²) in [6, 6.07) is 0. The van der Waals surface area contributed by atoms with Crippen LogP contribution in [0.15, 0.2) is 21.3 Å². The molecule has 0 radical (unpaired) electrons. The van der Waals surface area contributed by atoms with Crippen LogP contribution >= 0.6 is 0 Å². The molecule has 0 saturated heterocycles. The predicted molar refractivity (Wildman–Crippen MR) is 66.8 cm³/mol. The lowest BCUT2D eigenvalue weighted by Crippen LogP contribution is -2.10. The third-order valence-corrected chi connectivity index (χ3v) is 2.32. The monoisotopic (exact) mass is 224 g/mol. The molecule has 16 heavy (non-hydrogen) atoms. The molecule has 90 valence electrons. The smallest absolute Gasteiger partial charge is 0.303 e. The van der Waals surface area contributed by atoms with Crippen LogP contribution < -0.4 is 0 Å². The molecule has 4 heteroatoms. The molecular weight excluding hydrogens is 204 g/mol. The van der Waals surface area contributed by atoms with Gasteiger partial charge >= 0.3 is 5.97 Å². The molecule has 0 unspecified atom stereocenters. The van der Waals surface area contributed by atoms with Gasteiger partial charge in [-0.15, -0.1) is 0 Å². The Bertz CT molecular complexity index is 328. The molecule has 0 heterocycles. The van der Waals surface area contributed by atoms with E-state index in [-0.39, 0.29) is 12.6 Å². The van der Waals surface area contributed by atoms with Gasteiger partial charge in [-0.3, -0.25) is 4.79 Å². The Morgan fingerprint density at radius 2 is 1.88 bits per heavy atom. The second-order valence-electron chi connectivity index (χ2n) is 3.89. The Balaban J connectivity index is 4.75. The van der Waals surface area contributed by atoms with E-state index in [1.54, 1.807) is 0 Å². The van der Waals surface area contributed by atoms with E-state index < -0.39 is 0 Å². The molecule has 0 N–H and O–H groups in total. The molecule has 0 fully saturated rings. The average Bonchev–Trinajstić information content (AvgIpc) is 2.22. The SMILES string of the molecule is C=NC(COC(C)=O)=N/C(C)=C(\C)C(C)C. The average molecular weight is 224 g/mol. The number of allylic oxidation sites excluding steroid dienone is 2. The van der Waals surface area contributed by atoms with Crippen LogP contribution in [-0.2, 0) is 9.53 Å². The van der Waals surface area contributed by atoms with E-state index in [0.717, 1.165) is 5.70 Å². The van der Waals surface area contributed by atoms with Crippen LogP contribution in [0.25, 0.3) is 0 Å². The van der Waals surface area contributed by atoms with Gasteiger partial charge in [0.2, 0.25) is 0 Å². The van der Waals surface area contributed by atoms with Crippen molar-refractivity contribution in [3.05, 3.63) is 11.3 Å². The van der Waals surface area contributed by atoms with E-state index in [4.69, 9.17) is 4.74 Å². The van der Waals surface area contributed by atoms with Gasteiger partial charge in [0, 0.05) is 12.6 Å². The van der Waals surface area contributed by atoms with Crippen molar-refractivity contribution in [2.24, 2.45) is 15.9 Å². The van der Waals surface area contributed by atoms with Crippen LogP contribution in [0, 0.1) is 5.92 Å². The van der Waals surface area contributed by atoms with E-state index in [1.807, 2.05) is 13.8 Å². The topological polar surface area (TPSA) is 51.0 Å². The van der Waals surface area contributed by atoms with Crippen molar-refractivity contribution in [2.75, 3.05) is 6.61 Å². The Morgan fingerprint density at radius 1 is 1.31 bits per heavy atom. The molecule has 0 spiro atoms. The summed E-state index contributed by atoms with van der Waals surface area (Å²) < 4.78 is 4.81. The largest absolute Gasteiger partial charge is 0.458 e. The number of rotatable bonds is 4. The van der Waals surface area contributed by atoms with E-state index in [9.17, 15) is 4.79 Å². The van der Waals surface area contributed by atoms with Crippen molar-refractivity contribution in [3.63, 3.8) is 0 Å². The van der Waals surface area contributed by atoms with Crippen molar-refractivity contribution < 1.29 is 9.53 Å². The minimum Gasteiger partial charge on any atom is -0.458 e. The van der Waals surface area contributed by atoms with Crippen LogP contribution in [0.4, 0.5) is 0 Å². The lowest BCUT2D eigenvalue weighted by atomic mass is 10.0. The van der Waals surface area contributed by atoms with Gasteiger partial charge in [-0.25, -0.2) is 9.98 Å². The molecule has 0 rings (SSSR count). The Kier molecular flexibility index (Phi) is 6.30. The Labute approximate surface area is 97.1 Å². The molecule has 0 aliphatic rings. The molecule has 0 saturated carbocycles. The van der Waals surface area contributed by atoms with E-state index in [1.165, 1.54) is 12.5 Å². The highest BCUT2D eigenvalue weighted by Gasteiger charge is 2.04. The molecule has 0 aromatic carbocycles. The number of hydrogen-bond acceptors (Lipinski definition) is 3. The van der Waals surface area contributed by atoms with Gasteiger partial charge in [0.15, 0.2) is 12.4 Å². The molecule has 0 aromatic rings. The molecule has 0 atom stereocenters. The molecule has 0 aliphatic carbocycles. The zero-order valence-corrected chi connectivity index (χ0v) is 10.7. The first-order chi connectivity index (χ1) is 7.38. The first-order valence-corrected chi connectivity index (χ1v) is 5.23. The highest BCUT2D eigenvalue weighted by atomic mass is 16.5. The lowest BCUT2D eigenvalue weighted by molar-refractivity contribution is -0.139. The van der Waals surface area contributed by atoms with Crippen LogP contribution in [0.3, 0.4) is 0 Å². The molecule has 0 aliphatic heterocycles. The highest BCUT2D eigenvalue weighted by Crippen LogP contribution is 2.14. The van der Waals surface area contributed by atoms with E-state index in [2.05, 4.69) is 30.5 Å². The highest BCUT2D eigenvalue weighted by molar-refractivity contribution is 5.89. The van der Waals surface area contributed by atoms with Gasteiger partial charge in [-0.1, -0.05) is 13.8 Å². The second kappa shape index (κ2) is 6.93. The maximum atomic E-state index is 10.6. The standard InChI is InChI=1S/C12H20N2O2/c1-8(2)9(3)10(4)14-12(13-6)7-16-11(5)15/h8H,6-7H2,1-5H3/b10-9+,14-12?. The molecule has 0 amide bonds. The minimum absolute atomic E-state index is 0.0710. The fourth-order valence-electron chi connectivity index (χ4n) is 0.979. The summed E-state index contributed by atoms with van der Waals surface area (Å²) in [5.41, 5.74) is 2.08. The van der Waals surface area contributed by atoms with Gasteiger partial charge in [0.05, 0.1) is 0 Å². The first-order valence-electron chi connectivity index (χ1n) is 5.23. The van der Waals surface area contributed by atoms with Crippen molar-refractivity contribution in [3.8, 4) is 0 Å². The summed E-state index contributed by atoms with van der Waals surface area (Å²) in [4.78, 5) is 18.6. The molecule has 0 bridgehead atoms. The zero-order valence-electron chi connectivity index (χ0n) is 10.7. The molecule has 4 nitrogen and oxygen atoms in total. The van der Waals surface area contributed by atoms with Crippen molar-refractivity contribution >= 4 is 18.5 Å². The quantitative estimate of drug-likeness (QED) is 0.418. The third-order valence-electron chi connectivity index (χ3n) is 2.32. The van der Waals surface area contributed by atoms with Gasteiger partial charge in [0.25, 0.3) is 0 Å². The maximum Gasteiger partial charge on any atom is 0.303 e. The number of amidine groups is 1. The summed E-state index contributed by atoms with van der Waals surface area (Å²) in [6.07, 6.45) is 0. The number of ether oxygens (including phenoxy) is 1. The summed E-state index contributed by atoms with van der Waals surface area (Å²) in [6.45, 7) is 13.0. The molecular formula is C12H20N2O2. The summed E-state index contributed by atoms with van der Waals surface area (Å²) in [7, 11) is 0. The number of nitrogens with zero attached hydrogens (tertiary/aromatic N) is 2. The zero-order chi connectivity index (χ0) is 12.7. The number of carbonyl (C=O) groups excluding carboxylic acids is 1. The lowest BCUT2D eigenvalue weighted by Gasteiger charge is -2.08. The van der Waals surface area contributed by atoms with Gasteiger partial charge in [-0.05, 0) is 32.1 Å². The summed E-state index contributed by atoms with van der Waals surface area (Å²) in [5, 5.41) is 0. The van der Waals surface area contributed by atoms with Gasteiger partial charge in [0.1, 0.15) is 0 Å². The number of carbonyl (C=O) groups is 1. The van der Waals surface area contributed by atoms with Crippen LogP contribution in [0.2, 0.25) is 0 Å². The fourth-order valence-corrected chi connectivity index (χ4v) is 0.979. The van der Waals surface area contributed by atoms with Crippen molar-refractivity contribution in [2.45, 2.75) is 34.6 Å². The van der Waals surface area contributed by atoms with Crippen molar-refractivity contribution in [1.29, 1.82) is 0 Å². The van der Waals surface area contributed by atoms with E-state index in [0.29, 0.717) is 11.8 Å². The second-order valence-corrected chi connectivity index (χ2v) is 3.89. The Morgan fingerprint density at radius 3 is 2.25 bits per heavy atom. The predicted octanol–water partition coefficient (Wildman–Crippen LogP) is 2.60. The van der Waals surface area contributed by atoms with E-state index >= 15 is 0 Å².